The van der Waals surface area contributed by atoms with E-state index in [1.807, 2.05) is 24.3 Å². The van der Waals surface area contributed by atoms with Gasteiger partial charge in [0.05, 0.1) is 21.5 Å². The molecule has 0 bridgehead atoms. The monoisotopic (exact) mass is 304 g/mol. The molecule has 0 spiro atoms. The maximum Gasteiger partial charge on any atom is 0.272 e. The van der Waals surface area contributed by atoms with E-state index in [2.05, 4.69) is 16.0 Å². The van der Waals surface area contributed by atoms with Crippen LogP contribution in [0.15, 0.2) is 42.5 Å². The van der Waals surface area contributed by atoms with Crippen LogP contribution in [-0.2, 0) is 0 Å². The quantitative estimate of drug-likeness (QED) is 0.451. The Hall–Kier alpha value is -3.46. The van der Waals surface area contributed by atoms with Crippen LogP contribution in [0.25, 0.3) is 22.7 Å². The Morgan fingerprint density at radius 2 is 2.13 bits per heavy atom. The SMILES string of the molecule is Cc1ccc(/C=C(\C#N)c2nc3ccccc3[nH]2)cc1[N+](=O)[O-]. The lowest BCUT2D eigenvalue weighted by molar-refractivity contribution is -0.385. The number of nitro benzene ring substituents is 1. The maximum absolute atomic E-state index is 11.0. The molecule has 23 heavy (non-hydrogen) atoms. The number of hydrogen-bond donors (Lipinski definition) is 1. The van der Waals surface area contributed by atoms with E-state index in [1.54, 1.807) is 25.1 Å². The first kappa shape index (κ1) is 14.5. The highest BCUT2D eigenvalue weighted by atomic mass is 16.6. The van der Waals surface area contributed by atoms with Crippen molar-refractivity contribution in [2.24, 2.45) is 0 Å². The molecule has 0 fully saturated rings. The van der Waals surface area contributed by atoms with E-state index in [1.165, 1.54) is 6.07 Å². The molecule has 0 saturated heterocycles. The zero-order valence-electron chi connectivity index (χ0n) is 12.3. The fourth-order valence-electron chi connectivity index (χ4n) is 2.31. The van der Waals surface area contributed by atoms with E-state index in [9.17, 15) is 15.4 Å². The van der Waals surface area contributed by atoms with Crippen molar-refractivity contribution in [3.05, 3.63) is 69.5 Å². The van der Waals surface area contributed by atoms with Crippen molar-refractivity contribution in [3.8, 4) is 6.07 Å². The predicted octanol–water partition coefficient (Wildman–Crippen LogP) is 3.84. The first-order valence-corrected chi connectivity index (χ1v) is 6.90. The number of fused-ring (bicyclic) bond motifs is 1. The smallest absolute Gasteiger partial charge is 0.272 e. The lowest BCUT2D eigenvalue weighted by Gasteiger charge is -1.99. The number of benzene rings is 2. The van der Waals surface area contributed by atoms with Gasteiger partial charge < -0.3 is 4.98 Å². The number of rotatable bonds is 3. The third kappa shape index (κ3) is 2.80. The first-order valence-electron chi connectivity index (χ1n) is 6.90. The second kappa shape index (κ2) is 5.73. The van der Waals surface area contributed by atoms with Gasteiger partial charge in [-0.15, -0.1) is 0 Å². The van der Waals surface area contributed by atoms with Gasteiger partial charge in [0.25, 0.3) is 5.69 Å². The summed E-state index contributed by atoms with van der Waals surface area (Å²) in [4.78, 5) is 18.0. The standard InChI is InChI=1S/C17H12N4O2/c1-11-6-7-12(9-16(11)21(22)23)8-13(10-18)17-19-14-4-2-3-5-15(14)20-17/h2-9H,1H3,(H,19,20)/b13-8+. The summed E-state index contributed by atoms with van der Waals surface area (Å²) < 4.78 is 0. The minimum Gasteiger partial charge on any atom is -0.337 e. The van der Waals surface area contributed by atoms with Gasteiger partial charge in [-0.2, -0.15) is 5.26 Å². The molecule has 1 aromatic heterocycles. The number of nitro groups is 1. The Bertz CT molecular complexity index is 947. The molecule has 0 atom stereocenters. The second-order valence-corrected chi connectivity index (χ2v) is 5.08. The topological polar surface area (TPSA) is 95.6 Å². The second-order valence-electron chi connectivity index (χ2n) is 5.08. The normalized spacial score (nSPS) is 11.4. The number of aryl methyl sites for hydroxylation is 1. The zero-order valence-corrected chi connectivity index (χ0v) is 12.3. The van der Waals surface area contributed by atoms with Crippen molar-refractivity contribution >= 4 is 28.4 Å². The van der Waals surface area contributed by atoms with E-state index in [0.29, 0.717) is 22.5 Å². The molecule has 1 heterocycles. The third-order valence-electron chi connectivity index (χ3n) is 3.51. The van der Waals surface area contributed by atoms with Crippen LogP contribution in [0, 0.1) is 28.4 Å². The first-order chi connectivity index (χ1) is 11.1. The van der Waals surface area contributed by atoms with E-state index in [-0.39, 0.29) is 5.69 Å². The van der Waals surface area contributed by atoms with Gasteiger partial charge in [0.2, 0.25) is 0 Å². The molecule has 3 aromatic rings. The minimum absolute atomic E-state index is 0.0284. The number of imidazole rings is 1. The largest absolute Gasteiger partial charge is 0.337 e. The molecule has 0 radical (unpaired) electrons. The van der Waals surface area contributed by atoms with Crippen LogP contribution in [0.5, 0.6) is 0 Å². The van der Waals surface area contributed by atoms with Gasteiger partial charge in [-0.1, -0.05) is 24.3 Å². The number of nitrogens with zero attached hydrogens (tertiary/aromatic N) is 3. The van der Waals surface area contributed by atoms with Crippen LogP contribution in [0.1, 0.15) is 17.0 Å². The van der Waals surface area contributed by atoms with Crippen LogP contribution in [0.4, 0.5) is 5.69 Å². The number of aromatic amines is 1. The fourth-order valence-corrected chi connectivity index (χ4v) is 2.31. The molecule has 0 aliphatic heterocycles. The van der Waals surface area contributed by atoms with Gasteiger partial charge in [-0.05, 0) is 30.7 Å². The van der Waals surface area contributed by atoms with Crippen LogP contribution >= 0.6 is 0 Å². The molecule has 1 N–H and O–H groups in total. The number of H-pyrrole nitrogens is 1. The van der Waals surface area contributed by atoms with Crippen molar-refractivity contribution < 1.29 is 4.92 Å². The minimum atomic E-state index is -0.431. The number of para-hydroxylation sites is 2. The number of allylic oxidation sites excluding steroid dienone is 1. The number of hydrogen-bond acceptors (Lipinski definition) is 4. The Morgan fingerprint density at radius 1 is 1.35 bits per heavy atom. The summed E-state index contributed by atoms with van der Waals surface area (Å²) >= 11 is 0. The summed E-state index contributed by atoms with van der Waals surface area (Å²) in [5.74, 6) is 0.442. The van der Waals surface area contributed by atoms with E-state index in [0.717, 1.165) is 11.0 Å². The molecule has 0 amide bonds. The molecule has 0 saturated carbocycles. The van der Waals surface area contributed by atoms with Crippen molar-refractivity contribution in [1.82, 2.24) is 9.97 Å². The summed E-state index contributed by atoms with van der Waals surface area (Å²) in [6.45, 7) is 1.68. The van der Waals surface area contributed by atoms with Crippen molar-refractivity contribution in [2.75, 3.05) is 0 Å². The lowest BCUT2D eigenvalue weighted by Crippen LogP contribution is -1.92. The molecule has 0 unspecified atom stereocenters. The Balaban J connectivity index is 2.07. The number of nitrogens with one attached hydrogen (secondary N) is 1. The molecule has 6 heteroatoms. The van der Waals surface area contributed by atoms with Gasteiger partial charge in [0.15, 0.2) is 0 Å². The average Bonchev–Trinajstić information content (AvgIpc) is 2.97. The summed E-state index contributed by atoms with van der Waals surface area (Å²) in [5.41, 5.74) is 3.10. The highest BCUT2D eigenvalue weighted by molar-refractivity contribution is 5.90. The Labute approximate surface area is 131 Å². The maximum atomic E-state index is 11.0. The summed E-state index contributed by atoms with van der Waals surface area (Å²) in [6, 6.07) is 14.4. The van der Waals surface area contributed by atoms with Gasteiger partial charge >= 0.3 is 0 Å². The van der Waals surface area contributed by atoms with E-state index < -0.39 is 4.92 Å². The van der Waals surface area contributed by atoms with Gasteiger partial charge in [0, 0.05) is 11.6 Å². The summed E-state index contributed by atoms with van der Waals surface area (Å²) in [5, 5.41) is 20.4. The van der Waals surface area contributed by atoms with Crippen molar-refractivity contribution in [3.63, 3.8) is 0 Å². The van der Waals surface area contributed by atoms with Crippen molar-refractivity contribution in [2.45, 2.75) is 6.92 Å². The summed E-state index contributed by atoms with van der Waals surface area (Å²) in [6.07, 6.45) is 1.59. The molecule has 112 valence electrons. The van der Waals surface area contributed by atoms with Crippen LogP contribution in [-0.4, -0.2) is 14.9 Å². The molecule has 3 rings (SSSR count). The molecular formula is C17H12N4O2. The highest BCUT2D eigenvalue weighted by Gasteiger charge is 2.12. The van der Waals surface area contributed by atoms with E-state index in [4.69, 9.17) is 0 Å². The lowest BCUT2D eigenvalue weighted by atomic mass is 10.1. The van der Waals surface area contributed by atoms with Crippen molar-refractivity contribution in [1.29, 1.82) is 5.26 Å². The Kier molecular flexibility index (Phi) is 3.61. The van der Waals surface area contributed by atoms with Gasteiger partial charge in [0.1, 0.15) is 11.9 Å². The van der Waals surface area contributed by atoms with Crippen LogP contribution < -0.4 is 0 Å². The predicted molar refractivity (Wildman–Crippen MR) is 87.4 cm³/mol. The van der Waals surface area contributed by atoms with Crippen LogP contribution in [0.2, 0.25) is 0 Å². The average molecular weight is 304 g/mol. The highest BCUT2D eigenvalue weighted by Crippen LogP contribution is 2.23. The molecule has 6 nitrogen and oxygen atoms in total. The fraction of sp³-hybridized carbons (Fsp3) is 0.0588. The zero-order chi connectivity index (χ0) is 16.4. The van der Waals surface area contributed by atoms with E-state index >= 15 is 0 Å². The van der Waals surface area contributed by atoms with Gasteiger partial charge in [-0.3, -0.25) is 10.1 Å². The molecular weight excluding hydrogens is 292 g/mol. The molecule has 2 aromatic carbocycles. The number of aromatic nitrogens is 2. The third-order valence-corrected chi connectivity index (χ3v) is 3.51. The Morgan fingerprint density at radius 3 is 2.83 bits per heavy atom. The van der Waals surface area contributed by atoms with Gasteiger partial charge in [-0.25, -0.2) is 4.98 Å². The molecule has 0 aliphatic carbocycles. The van der Waals surface area contributed by atoms with Crippen LogP contribution in [0.3, 0.4) is 0 Å². The number of nitriles is 1. The molecule has 0 aliphatic rings. The summed E-state index contributed by atoms with van der Waals surface area (Å²) in [7, 11) is 0.